The first kappa shape index (κ1) is 67.4. The molecule has 0 aliphatic carbocycles. The Hall–Kier alpha value is -1.59. The second kappa shape index (κ2) is 51.9. The second-order valence-corrected chi connectivity index (χ2v) is 21.5. The first-order valence-electron chi connectivity index (χ1n) is 30.7. The van der Waals surface area contributed by atoms with Crippen LogP contribution in [-0.4, -0.2) is 87.5 Å². The largest absolute Gasteiger partial charge is 0.394 e. The number of aliphatic hydroxyl groups is 5. The molecule has 9 nitrogen and oxygen atoms in total. The van der Waals surface area contributed by atoms with Crippen molar-refractivity contribution in [1.82, 2.24) is 5.32 Å². The van der Waals surface area contributed by atoms with E-state index >= 15 is 0 Å². The van der Waals surface area contributed by atoms with E-state index < -0.39 is 49.5 Å². The highest BCUT2D eigenvalue weighted by molar-refractivity contribution is 5.76. The fourth-order valence-corrected chi connectivity index (χ4v) is 9.84. The van der Waals surface area contributed by atoms with Crippen molar-refractivity contribution >= 4 is 5.91 Å². The van der Waals surface area contributed by atoms with Gasteiger partial charge >= 0.3 is 0 Å². The van der Waals surface area contributed by atoms with Gasteiger partial charge < -0.3 is 40.3 Å². The van der Waals surface area contributed by atoms with Crippen LogP contribution < -0.4 is 5.32 Å². The van der Waals surface area contributed by atoms with Crippen molar-refractivity contribution < 1.29 is 39.8 Å². The summed E-state index contributed by atoms with van der Waals surface area (Å²) in [5, 5.41) is 54.3. The fourth-order valence-electron chi connectivity index (χ4n) is 9.84. The molecule has 9 heteroatoms. The molecule has 7 atom stereocenters. The van der Waals surface area contributed by atoms with Crippen LogP contribution in [0.5, 0.6) is 0 Å². The van der Waals surface area contributed by atoms with E-state index in [4.69, 9.17) is 9.47 Å². The topological polar surface area (TPSA) is 149 Å². The molecule has 0 saturated carbocycles. The summed E-state index contributed by atoms with van der Waals surface area (Å²) < 4.78 is 11.2. The van der Waals surface area contributed by atoms with Crippen LogP contribution in [0, 0.1) is 0 Å². The van der Waals surface area contributed by atoms with Crippen LogP contribution in [0.15, 0.2) is 36.5 Å². The number of unbranched alkanes of at least 4 members (excludes halogenated alkanes) is 39. The minimum Gasteiger partial charge on any atom is -0.394 e. The number of aliphatic hydroxyl groups excluding tert-OH is 5. The number of ether oxygens (including phenoxy) is 2. The van der Waals surface area contributed by atoms with Gasteiger partial charge in [-0.2, -0.15) is 0 Å². The lowest BCUT2D eigenvalue weighted by Gasteiger charge is -2.40. The predicted octanol–water partition coefficient (Wildman–Crippen LogP) is 15.5. The highest BCUT2D eigenvalue weighted by atomic mass is 16.7. The van der Waals surface area contributed by atoms with Crippen molar-refractivity contribution in [2.45, 2.75) is 339 Å². The Balaban J connectivity index is 2.03. The lowest BCUT2D eigenvalue weighted by Crippen LogP contribution is -2.60. The Labute approximate surface area is 438 Å². The van der Waals surface area contributed by atoms with Gasteiger partial charge in [-0.05, 0) is 51.4 Å². The lowest BCUT2D eigenvalue weighted by atomic mass is 9.99. The molecule has 0 aromatic heterocycles. The van der Waals surface area contributed by atoms with E-state index in [0.717, 1.165) is 44.9 Å². The van der Waals surface area contributed by atoms with Gasteiger partial charge in [0.1, 0.15) is 24.4 Å². The molecule has 418 valence electrons. The molecular formula is C62H117NO8. The molecule has 0 radical (unpaired) electrons. The number of nitrogens with one attached hydrogen (secondary N) is 1. The molecule has 1 aliphatic heterocycles. The number of hydrogen-bond donors (Lipinski definition) is 6. The SMILES string of the molecule is CCCCCCC/C=C\C/C=C\CCCCCCCCCCCCCCCCCCCCCCCCCCCC(=O)NC(COC1OC(CO)C(O)C(O)C1O)C(O)/C=C/CCCCCCCCCCC. The number of carbonyl (C=O) groups excluding carboxylic acids is 1. The lowest BCUT2D eigenvalue weighted by molar-refractivity contribution is -0.302. The summed E-state index contributed by atoms with van der Waals surface area (Å²) in [5.41, 5.74) is 0. The van der Waals surface area contributed by atoms with Crippen LogP contribution in [0.25, 0.3) is 0 Å². The third-order valence-electron chi connectivity index (χ3n) is 14.7. The standard InChI is InChI=1S/C62H117NO8/c1-3-5-7-9-11-13-15-16-17-18-19-20-21-22-23-24-25-26-27-28-29-30-31-32-33-34-35-36-37-38-39-40-42-44-46-48-50-52-58(66)63-55(54-70-62-61(69)60(68)59(67)57(53-64)71-62)56(65)51-49-47-45-43-41-14-12-10-8-6-4-2/h15-16,18-19,49,51,55-57,59-62,64-65,67-69H,3-14,17,20-48,50,52-54H2,1-2H3,(H,63,66)/b16-15-,19-18-,51-49+. The molecule has 0 aromatic carbocycles. The van der Waals surface area contributed by atoms with Gasteiger partial charge in [0.25, 0.3) is 0 Å². The van der Waals surface area contributed by atoms with E-state index in [1.807, 2.05) is 6.08 Å². The van der Waals surface area contributed by atoms with Gasteiger partial charge in [-0.25, -0.2) is 0 Å². The smallest absolute Gasteiger partial charge is 0.220 e. The third-order valence-corrected chi connectivity index (χ3v) is 14.7. The summed E-state index contributed by atoms with van der Waals surface area (Å²) >= 11 is 0. The van der Waals surface area contributed by atoms with E-state index in [1.54, 1.807) is 6.08 Å². The molecular weight excluding hydrogens is 887 g/mol. The maximum Gasteiger partial charge on any atom is 0.220 e. The van der Waals surface area contributed by atoms with Crippen LogP contribution in [0.3, 0.4) is 0 Å². The molecule has 7 unspecified atom stereocenters. The number of amides is 1. The van der Waals surface area contributed by atoms with Gasteiger partial charge in [-0.15, -0.1) is 0 Å². The Bertz CT molecular complexity index is 1210. The number of allylic oxidation sites excluding steroid dienone is 5. The van der Waals surface area contributed by atoms with Gasteiger partial charge in [0.05, 0.1) is 25.4 Å². The summed E-state index contributed by atoms with van der Waals surface area (Å²) in [5.74, 6) is -0.173. The van der Waals surface area contributed by atoms with Crippen molar-refractivity contribution in [2.75, 3.05) is 13.2 Å². The molecule has 71 heavy (non-hydrogen) atoms. The third kappa shape index (κ3) is 41.4. The van der Waals surface area contributed by atoms with Crippen LogP contribution in [-0.2, 0) is 14.3 Å². The monoisotopic (exact) mass is 1000 g/mol. The number of rotatable bonds is 53. The zero-order valence-corrected chi connectivity index (χ0v) is 46.5. The van der Waals surface area contributed by atoms with E-state index in [-0.39, 0.29) is 12.5 Å². The van der Waals surface area contributed by atoms with Crippen LogP contribution in [0.1, 0.15) is 296 Å². The van der Waals surface area contributed by atoms with Crippen molar-refractivity contribution in [3.63, 3.8) is 0 Å². The normalized spacial score (nSPS) is 19.5. The van der Waals surface area contributed by atoms with Crippen LogP contribution in [0.4, 0.5) is 0 Å². The maximum atomic E-state index is 13.0. The average molecular weight is 1000 g/mol. The maximum absolute atomic E-state index is 13.0. The molecule has 0 spiro atoms. The summed E-state index contributed by atoms with van der Waals surface area (Å²) in [6.45, 7) is 3.77. The van der Waals surface area contributed by atoms with Gasteiger partial charge in [0.15, 0.2) is 6.29 Å². The fraction of sp³-hybridized carbons (Fsp3) is 0.887. The summed E-state index contributed by atoms with van der Waals surface area (Å²) in [6, 6.07) is -0.801. The molecule has 0 bridgehead atoms. The predicted molar refractivity (Wildman–Crippen MR) is 300 cm³/mol. The minimum absolute atomic E-state index is 0.173. The highest BCUT2D eigenvalue weighted by Crippen LogP contribution is 2.23. The molecule has 1 saturated heterocycles. The first-order chi connectivity index (χ1) is 34.8. The van der Waals surface area contributed by atoms with Gasteiger partial charge in [-0.1, -0.05) is 275 Å². The van der Waals surface area contributed by atoms with Gasteiger partial charge in [0.2, 0.25) is 5.91 Å². The molecule has 1 aliphatic rings. The van der Waals surface area contributed by atoms with Crippen LogP contribution >= 0.6 is 0 Å². The molecule has 1 fully saturated rings. The number of hydrogen-bond acceptors (Lipinski definition) is 8. The van der Waals surface area contributed by atoms with Crippen molar-refractivity contribution in [3.8, 4) is 0 Å². The Morgan fingerprint density at radius 2 is 0.831 bits per heavy atom. The summed E-state index contributed by atoms with van der Waals surface area (Å²) in [4.78, 5) is 13.0. The average Bonchev–Trinajstić information content (AvgIpc) is 3.37. The Morgan fingerprint density at radius 3 is 1.21 bits per heavy atom. The van der Waals surface area contributed by atoms with Gasteiger partial charge in [0, 0.05) is 6.42 Å². The van der Waals surface area contributed by atoms with E-state index in [2.05, 4.69) is 43.5 Å². The first-order valence-corrected chi connectivity index (χ1v) is 30.7. The Morgan fingerprint density at radius 1 is 0.479 bits per heavy atom. The molecule has 0 aromatic rings. The molecule has 1 heterocycles. The van der Waals surface area contributed by atoms with E-state index in [9.17, 15) is 30.3 Å². The van der Waals surface area contributed by atoms with E-state index in [1.165, 1.54) is 231 Å². The number of carbonyl (C=O) groups is 1. The summed E-state index contributed by atoms with van der Waals surface area (Å²) in [6.07, 6.45) is 61.1. The quantitative estimate of drug-likeness (QED) is 0.0261. The Kier molecular flexibility index (Phi) is 49.3. The van der Waals surface area contributed by atoms with E-state index in [0.29, 0.717) is 6.42 Å². The molecule has 1 amide bonds. The van der Waals surface area contributed by atoms with Crippen molar-refractivity contribution in [2.24, 2.45) is 0 Å². The summed E-state index contributed by atoms with van der Waals surface area (Å²) in [7, 11) is 0. The molecule has 6 N–H and O–H groups in total. The van der Waals surface area contributed by atoms with Crippen molar-refractivity contribution in [3.05, 3.63) is 36.5 Å². The minimum atomic E-state index is -1.56. The second-order valence-electron chi connectivity index (χ2n) is 21.5. The van der Waals surface area contributed by atoms with Crippen LogP contribution in [0.2, 0.25) is 0 Å². The zero-order chi connectivity index (χ0) is 51.5. The zero-order valence-electron chi connectivity index (χ0n) is 46.5. The van der Waals surface area contributed by atoms with Gasteiger partial charge in [-0.3, -0.25) is 4.79 Å². The van der Waals surface area contributed by atoms with Crippen molar-refractivity contribution in [1.29, 1.82) is 0 Å². The highest BCUT2D eigenvalue weighted by Gasteiger charge is 2.44. The molecule has 1 rings (SSSR count).